The normalized spacial score (nSPS) is 12.9. The van der Waals surface area contributed by atoms with Crippen LogP contribution in [0.2, 0.25) is 0 Å². The average Bonchev–Trinajstić information content (AvgIpc) is 3.91. The van der Waals surface area contributed by atoms with E-state index < -0.39 is 66.2 Å². The Bertz CT molecular complexity index is 2220. The van der Waals surface area contributed by atoms with Crippen molar-refractivity contribution in [1.29, 1.82) is 0 Å². The topological polar surface area (TPSA) is 292 Å². The Hall–Kier alpha value is -7.50. The second-order valence-corrected chi connectivity index (χ2v) is 13.7. The van der Waals surface area contributed by atoms with Crippen LogP contribution in [-0.2, 0) is 43.2 Å². The molecule has 0 aliphatic heterocycles. The number of para-hydroxylation sites is 1. The third-order valence-electron chi connectivity index (χ3n) is 9.28. The first-order valence-corrected chi connectivity index (χ1v) is 18.8. The van der Waals surface area contributed by atoms with Gasteiger partial charge in [0.05, 0.1) is 12.9 Å². The molecule has 0 aliphatic carbocycles. The predicted molar refractivity (Wildman–Crippen MR) is 218 cm³/mol. The van der Waals surface area contributed by atoms with Crippen molar-refractivity contribution in [3.05, 3.63) is 126 Å². The summed E-state index contributed by atoms with van der Waals surface area (Å²) in [5, 5.41) is 24.1. The fraction of sp³-hybridized carbons (Fsp3) is 0.268. The molecule has 0 spiro atoms. The molecule has 0 unspecified atom stereocenters. The Morgan fingerprint density at radius 2 is 1.34 bits per heavy atom. The highest BCUT2D eigenvalue weighted by Crippen LogP contribution is 2.19. The number of aliphatic carboxylic acids is 1. The number of nitrogens with two attached hydrogens (primary N) is 2. The van der Waals surface area contributed by atoms with Crippen LogP contribution in [-0.4, -0.2) is 98.8 Å². The Morgan fingerprint density at radius 3 is 2.02 bits per heavy atom. The average molecular weight is 806 g/mol. The Balaban J connectivity index is 1.34. The number of imidazole rings is 1. The molecule has 0 aliphatic rings. The van der Waals surface area contributed by atoms with Crippen LogP contribution in [0.3, 0.4) is 0 Å². The summed E-state index contributed by atoms with van der Waals surface area (Å²) in [5.74, 6) is -4.88. The summed E-state index contributed by atoms with van der Waals surface area (Å²) in [5.41, 5.74) is 14.0. The van der Waals surface area contributed by atoms with Gasteiger partial charge in [-0.25, -0.2) is 9.78 Å². The van der Waals surface area contributed by atoms with E-state index in [-0.39, 0.29) is 44.6 Å². The van der Waals surface area contributed by atoms with E-state index in [0.29, 0.717) is 22.4 Å². The largest absolute Gasteiger partial charge is 0.480 e. The van der Waals surface area contributed by atoms with E-state index in [2.05, 4.69) is 46.5 Å². The minimum absolute atomic E-state index is 0.00693. The molecule has 2 aromatic heterocycles. The van der Waals surface area contributed by atoms with Crippen LogP contribution in [0.25, 0.3) is 10.9 Å². The number of H-pyrrole nitrogens is 2. The van der Waals surface area contributed by atoms with Gasteiger partial charge in [-0.2, -0.15) is 0 Å². The summed E-state index contributed by atoms with van der Waals surface area (Å²) >= 11 is 0. The zero-order valence-corrected chi connectivity index (χ0v) is 32.0. The van der Waals surface area contributed by atoms with E-state index in [1.807, 2.05) is 24.3 Å². The van der Waals surface area contributed by atoms with Gasteiger partial charge in [0.25, 0.3) is 5.91 Å². The van der Waals surface area contributed by atoms with Crippen molar-refractivity contribution in [2.45, 2.75) is 56.3 Å². The molecule has 0 saturated heterocycles. The van der Waals surface area contributed by atoms with E-state index in [1.165, 1.54) is 12.5 Å². The molecule has 0 radical (unpaired) electrons. The first-order chi connectivity index (χ1) is 28.5. The summed E-state index contributed by atoms with van der Waals surface area (Å²) in [6, 6.07) is 19.3. The lowest BCUT2D eigenvalue weighted by atomic mass is 10.0. The molecule has 12 N–H and O–H groups in total. The number of carbonyl (C=O) groups is 6. The molecule has 5 aromatic rings. The summed E-state index contributed by atoms with van der Waals surface area (Å²) in [7, 11) is 0. The van der Waals surface area contributed by atoms with Crippen LogP contribution >= 0.6 is 0 Å². The number of fused-ring (bicyclic) bond motifs is 1. The number of aliphatic imine (C=N–C) groups is 1. The SMILES string of the molecule is NC(N)=NCCC[C@H](NC(=O)[C@H](Cc1ccccc1)NC(=O)[C@H](Cc1cnc[nH]1)NC(=O)CNC(=O)c1ccccc1)C(=O)N[C@@H](Cc1c[nH]c2ccccc12)C(=O)O. The Kier molecular flexibility index (Phi) is 15.3. The number of aromatic amines is 2. The van der Waals surface area contributed by atoms with E-state index in [0.717, 1.165) is 10.9 Å². The summed E-state index contributed by atoms with van der Waals surface area (Å²) < 4.78 is 0. The molecule has 0 bridgehead atoms. The van der Waals surface area contributed by atoms with Gasteiger partial charge in [-0.05, 0) is 42.2 Å². The minimum atomic E-state index is -1.36. The highest BCUT2D eigenvalue weighted by atomic mass is 16.4. The molecule has 5 amide bonds. The van der Waals surface area contributed by atoms with Gasteiger partial charge in [0.2, 0.25) is 23.6 Å². The number of guanidine groups is 1. The zero-order valence-electron chi connectivity index (χ0n) is 32.0. The lowest BCUT2D eigenvalue weighted by molar-refractivity contribution is -0.142. The molecular formula is C41H47N11O7. The van der Waals surface area contributed by atoms with E-state index >= 15 is 0 Å². The molecule has 2 heterocycles. The van der Waals surface area contributed by atoms with Crippen molar-refractivity contribution >= 4 is 52.4 Å². The van der Waals surface area contributed by atoms with Crippen molar-refractivity contribution in [1.82, 2.24) is 41.5 Å². The lowest BCUT2D eigenvalue weighted by Crippen LogP contribution is -2.59. The number of carboxylic acids is 1. The standard InChI is InChI=1S/C41H47N11O7/c42-41(43)45-17-9-16-31(37(55)52-34(40(58)59)19-27-21-46-30-15-8-7-14-29(27)30)50-38(56)32(18-25-10-3-1-4-11-25)51-39(57)33(20-28-22-44-24-48-28)49-35(53)23-47-36(54)26-12-5-2-6-13-26/h1-8,10-15,21-22,24,31-34,46H,9,16-20,23H2,(H,44,48)(H,47,54)(H,49,53)(H,50,56)(H,51,57)(H,52,55)(H,58,59)(H4,42,43,45)/t31-,32-,33-,34-/m0/s1. The number of benzene rings is 3. The molecule has 3 aromatic carbocycles. The highest BCUT2D eigenvalue weighted by molar-refractivity contribution is 5.98. The lowest BCUT2D eigenvalue weighted by Gasteiger charge is -2.26. The van der Waals surface area contributed by atoms with Crippen LogP contribution in [0.4, 0.5) is 0 Å². The molecule has 18 nitrogen and oxygen atoms in total. The van der Waals surface area contributed by atoms with Gasteiger partial charge in [0, 0.05) is 60.4 Å². The summed E-state index contributed by atoms with van der Waals surface area (Å²) in [4.78, 5) is 94.1. The number of hydrogen-bond acceptors (Lipinski definition) is 8. The van der Waals surface area contributed by atoms with E-state index in [4.69, 9.17) is 11.5 Å². The first kappa shape index (κ1) is 42.6. The fourth-order valence-electron chi connectivity index (χ4n) is 6.29. The molecule has 18 heteroatoms. The maximum atomic E-state index is 14.2. The predicted octanol–water partition coefficient (Wildman–Crippen LogP) is 0.426. The number of rotatable bonds is 21. The number of amides is 5. The number of nitrogens with one attached hydrogen (secondary N) is 7. The third-order valence-corrected chi connectivity index (χ3v) is 9.28. The number of carbonyl (C=O) groups excluding carboxylic acids is 5. The van der Waals surface area contributed by atoms with Crippen molar-refractivity contribution in [2.75, 3.05) is 13.1 Å². The van der Waals surface area contributed by atoms with Gasteiger partial charge in [-0.15, -0.1) is 0 Å². The summed E-state index contributed by atoms with van der Waals surface area (Å²) in [6.07, 6.45) is 4.69. The van der Waals surface area contributed by atoms with Crippen LogP contribution in [0.15, 0.2) is 109 Å². The maximum absolute atomic E-state index is 14.2. The van der Waals surface area contributed by atoms with Crippen molar-refractivity contribution < 1.29 is 33.9 Å². The highest BCUT2D eigenvalue weighted by Gasteiger charge is 2.32. The second-order valence-electron chi connectivity index (χ2n) is 13.7. The van der Waals surface area contributed by atoms with Gasteiger partial charge < -0.3 is 53.1 Å². The summed E-state index contributed by atoms with van der Waals surface area (Å²) in [6.45, 7) is -0.326. The molecule has 0 saturated carbocycles. The number of carboxylic acid groups (broad SMARTS) is 1. The Labute approximate surface area is 339 Å². The van der Waals surface area contributed by atoms with E-state index in [9.17, 15) is 33.9 Å². The fourth-order valence-corrected chi connectivity index (χ4v) is 6.29. The van der Waals surface area contributed by atoms with Crippen molar-refractivity contribution in [3.63, 3.8) is 0 Å². The second kappa shape index (κ2) is 21.1. The van der Waals surface area contributed by atoms with Crippen LogP contribution in [0.1, 0.15) is 40.0 Å². The van der Waals surface area contributed by atoms with Crippen LogP contribution in [0, 0.1) is 0 Å². The van der Waals surface area contributed by atoms with Gasteiger partial charge in [0.1, 0.15) is 24.2 Å². The van der Waals surface area contributed by atoms with Crippen molar-refractivity contribution in [3.8, 4) is 0 Å². The minimum Gasteiger partial charge on any atom is -0.480 e. The first-order valence-electron chi connectivity index (χ1n) is 18.8. The zero-order chi connectivity index (χ0) is 42.1. The Morgan fingerprint density at radius 1 is 0.712 bits per heavy atom. The molecule has 59 heavy (non-hydrogen) atoms. The van der Waals surface area contributed by atoms with Gasteiger partial charge in [0.15, 0.2) is 5.96 Å². The van der Waals surface area contributed by atoms with Gasteiger partial charge in [-0.3, -0.25) is 29.0 Å². The van der Waals surface area contributed by atoms with Gasteiger partial charge >= 0.3 is 5.97 Å². The number of aromatic nitrogens is 3. The number of nitrogens with zero attached hydrogens (tertiary/aromatic N) is 2. The maximum Gasteiger partial charge on any atom is 0.326 e. The molecule has 0 fully saturated rings. The van der Waals surface area contributed by atoms with Gasteiger partial charge in [-0.1, -0.05) is 66.7 Å². The monoisotopic (exact) mass is 805 g/mol. The van der Waals surface area contributed by atoms with E-state index in [1.54, 1.807) is 66.9 Å². The molecular weight excluding hydrogens is 759 g/mol. The van der Waals surface area contributed by atoms with Crippen molar-refractivity contribution in [2.24, 2.45) is 16.5 Å². The molecule has 5 rings (SSSR count). The molecule has 4 atom stereocenters. The van der Waals surface area contributed by atoms with Crippen LogP contribution in [0.5, 0.6) is 0 Å². The van der Waals surface area contributed by atoms with Crippen LogP contribution < -0.4 is 38.1 Å². The third kappa shape index (κ3) is 13.0. The smallest absolute Gasteiger partial charge is 0.326 e. The number of hydrogen-bond donors (Lipinski definition) is 10. The quantitative estimate of drug-likeness (QED) is 0.0277. The molecule has 308 valence electrons.